The van der Waals surface area contributed by atoms with Gasteiger partial charge in [0, 0.05) is 12.8 Å². The minimum Gasteiger partial charge on any atom is -0.300 e. The molecule has 1 aromatic rings. The molecule has 0 heterocycles. The zero-order valence-corrected chi connectivity index (χ0v) is 9.49. The lowest BCUT2D eigenvalue weighted by atomic mass is 10.1. The number of hydrogen-bond donors (Lipinski definition) is 0. The minimum atomic E-state index is 0.337. The Labute approximate surface area is 91.8 Å². The monoisotopic (exact) mass is 202 g/mol. The normalized spacial score (nSPS) is 10.8. The number of carbonyl (C=O) groups excluding carboxylic acids is 1. The standard InChI is InChI=1S/C14H18O/c1-3-14(15)7-5-4-6-13-10-8-12(2)9-11-13/h4,6,8-11H,3,5,7H2,1-2H3. The van der Waals surface area contributed by atoms with Crippen LogP contribution in [0, 0.1) is 6.92 Å². The van der Waals surface area contributed by atoms with E-state index >= 15 is 0 Å². The molecule has 0 bridgehead atoms. The molecule has 15 heavy (non-hydrogen) atoms. The van der Waals surface area contributed by atoms with Crippen LogP contribution in [0.4, 0.5) is 0 Å². The summed E-state index contributed by atoms with van der Waals surface area (Å²) >= 11 is 0. The average molecular weight is 202 g/mol. The lowest BCUT2D eigenvalue weighted by molar-refractivity contribution is -0.118. The summed E-state index contributed by atoms with van der Waals surface area (Å²) in [4.78, 5) is 11.0. The number of Topliss-reactive ketones (excluding diaryl/α,β-unsaturated/α-hetero) is 1. The Bertz CT molecular complexity index is 333. The molecule has 80 valence electrons. The fourth-order valence-electron chi connectivity index (χ4n) is 1.32. The number of rotatable bonds is 5. The van der Waals surface area contributed by atoms with Crippen LogP contribution in [0.15, 0.2) is 30.3 Å². The van der Waals surface area contributed by atoms with Crippen molar-refractivity contribution < 1.29 is 4.79 Å². The van der Waals surface area contributed by atoms with Gasteiger partial charge in [-0.25, -0.2) is 0 Å². The van der Waals surface area contributed by atoms with Gasteiger partial charge in [0.2, 0.25) is 0 Å². The Kier molecular flexibility index (Phi) is 4.82. The highest BCUT2D eigenvalue weighted by Crippen LogP contribution is 2.06. The van der Waals surface area contributed by atoms with Crippen LogP contribution in [-0.2, 0) is 4.79 Å². The van der Waals surface area contributed by atoms with Crippen LogP contribution in [0.5, 0.6) is 0 Å². The number of benzene rings is 1. The average Bonchev–Trinajstić information content (AvgIpc) is 2.26. The van der Waals surface area contributed by atoms with E-state index in [1.54, 1.807) is 0 Å². The van der Waals surface area contributed by atoms with E-state index in [2.05, 4.69) is 43.3 Å². The van der Waals surface area contributed by atoms with Gasteiger partial charge in [-0.15, -0.1) is 0 Å². The summed E-state index contributed by atoms with van der Waals surface area (Å²) in [6.45, 7) is 3.99. The van der Waals surface area contributed by atoms with Crippen LogP contribution < -0.4 is 0 Å². The topological polar surface area (TPSA) is 17.1 Å². The van der Waals surface area contributed by atoms with Crippen molar-refractivity contribution in [2.24, 2.45) is 0 Å². The molecule has 0 aliphatic carbocycles. The first kappa shape index (κ1) is 11.7. The van der Waals surface area contributed by atoms with E-state index in [9.17, 15) is 4.79 Å². The molecule has 0 spiro atoms. The van der Waals surface area contributed by atoms with Crippen molar-refractivity contribution in [3.05, 3.63) is 41.5 Å². The fraction of sp³-hybridized carbons (Fsp3) is 0.357. The maximum absolute atomic E-state index is 11.0. The van der Waals surface area contributed by atoms with Gasteiger partial charge in [0.15, 0.2) is 0 Å². The molecule has 0 aliphatic rings. The first-order valence-corrected chi connectivity index (χ1v) is 5.47. The van der Waals surface area contributed by atoms with Gasteiger partial charge in [-0.3, -0.25) is 4.79 Å². The molecule has 0 aliphatic heterocycles. The summed E-state index contributed by atoms with van der Waals surface area (Å²) in [5, 5.41) is 0. The van der Waals surface area contributed by atoms with Crippen molar-refractivity contribution in [2.45, 2.75) is 33.1 Å². The number of aryl methyl sites for hydroxylation is 1. The van der Waals surface area contributed by atoms with Crippen molar-refractivity contribution in [3.8, 4) is 0 Å². The third-order valence-corrected chi connectivity index (χ3v) is 2.37. The van der Waals surface area contributed by atoms with E-state index in [0.29, 0.717) is 18.6 Å². The summed E-state index contributed by atoms with van der Waals surface area (Å²) in [6, 6.07) is 8.37. The Morgan fingerprint density at radius 3 is 2.53 bits per heavy atom. The van der Waals surface area contributed by atoms with Crippen LogP contribution in [-0.4, -0.2) is 5.78 Å². The second kappa shape index (κ2) is 6.18. The van der Waals surface area contributed by atoms with Crippen LogP contribution >= 0.6 is 0 Å². The fourth-order valence-corrected chi connectivity index (χ4v) is 1.32. The molecule has 1 nitrogen and oxygen atoms in total. The van der Waals surface area contributed by atoms with E-state index in [1.807, 2.05) is 6.92 Å². The Morgan fingerprint density at radius 2 is 1.93 bits per heavy atom. The highest BCUT2D eigenvalue weighted by molar-refractivity contribution is 5.78. The maximum Gasteiger partial charge on any atom is 0.132 e. The molecule has 0 atom stereocenters. The zero-order valence-electron chi connectivity index (χ0n) is 9.49. The Hall–Kier alpha value is -1.37. The van der Waals surface area contributed by atoms with Crippen molar-refractivity contribution in [1.82, 2.24) is 0 Å². The van der Waals surface area contributed by atoms with Gasteiger partial charge in [0.05, 0.1) is 0 Å². The predicted molar refractivity (Wildman–Crippen MR) is 64.7 cm³/mol. The van der Waals surface area contributed by atoms with Crippen LogP contribution in [0.2, 0.25) is 0 Å². The second-order valence-corrected chi connectivity index (χ2v) is 3.74. The number of hydrogen-bond acceptors (Lipinski definition) is 1. The largest absolute Gasteiger partial charge is 0.300 e. The molecule has 0 radical (unpaired) electrons. The third kappa shape index (κ3) is 4.59. The number of carbonyl (C=O) groups is 1. The molecule has 0 saturated carbocycles. The molecule has 0 saturated heterocycles. The van der Waals surface area contributed by atoms with Crippen molar-refractivity contribution in [2.75, 3.05) is 0 Å². The van der Waals surface area contributed by atoms with Gasteiger partial charge >= 0.3 is 0 Å². The van der Waals surface area contributed by atoms with Gasteiger partial charge in [-0.1, -0.05) is 48.9 Å². The summed E-state index contributed by atoms with van der Waals surface area (Å²) in [7, 11) is 0. The van der Waals surface area contributed by atoms with E-state index < -0.39 is 0 Å². The SMILES string of the molecule is CCC(=O)CCC=Cc1ccc(C)cc1. The van der Waals surface area contributed by atoms with E-state index in [0.717, 1.165) is 6.42 Å². The van der Waals surface area contributed by atoms with Crippen molar-refractivity contribution in [3.63, 3.8) is 0 Å². The Balaban J connectivity index is 2.38. The highest BCUT2D eigenvalue weighted by atomic mass is 16.1. The highest BCUT2D eigenvalue weighted by Gasteiger charge is 1.94. The lowest BCUT2D eigenvalue weighted by Gasteiger charge is -1.95. The van der Waals surface area contributed by atoms with Gasteiger partial charge < -0.3 is 0 Å². The van der Waals surface area contributed by atoms with Crippen molar-refractivity contribution >= 4 is 11.9 Å². The molecule has 0 N–H and O–H groups in total. The summed E-state index contributed by atoms with van der Waals surface area (Å²) < 4.78 is 0. The molecule has 1 rings (SSSR count). The smallest absolute Gasteiger partial charge is 0.132 e. The number of allylic oxidation sites excluding steroid dienone is 1. The van der Waals surface area contributed by atoms with E-state index in [1.165, 1.54) is 11.1 Å². The minimum absolute atomic E-state index is 0.337. The molecule has 1 aromatic carbocycles. The molecule has 0 unspecified atom stereocenters. The maximum atomic E-state index is 11.0. The van der Waals surface area contributed by atoms with Gasteiger partial charge in [0.25, 0.3) is 0 Å². The van der Waals surface area contributed by atoms with Gasteiger partial charge in [-0.05, 0) is 18.9 Å². The van der Waals surface area contributed by atoms with Crippen molar-refractivity contribution in [1.29, 1.82) is 0 Å². The Morgan fingerprint density at radius 1 is 1.27 bits per heavy atom. The van der Waals surface area contributed by atoms with Gasteiger partial charge in [-0.2, -0.15) is 0 Å². The third-order valence-electron chi connectivity index (χ3n) is 2.37. The molecule has 0 aromatic heterocycles. The zero-order chi connectivity index (χ0) is 11.1. The van der Waals surface area contributed by atoms with Crippen LogP contribution in [0.25, 0.3) is 6.08 Å². The predicted octanol–water partition coefficient (Wildman–Crippen LogP) is 3.77. The van der Waals surface area contributed by atoms with E-state index in [4.69, 9.17) is 0 Å². The molecular formula is C14H18O. The second-order valence-electron chi connectivity index (χ2n) is 3.74. The molecular weight excluding hydrogens is 184 g/mol. The summed E-state index contributed by atoms with van der Waals surface area (Å²) in [5.41, 5.74) is 2.47. The van der Waals surface area contributed by atoms with Crippen LogP contribution in [0.3, 0.4) is 0 Å². The van der Waals surface area contributed by atoms with E-state index in [-0.39, 0.29) is 0 Å². The lowest BCUT2D eigenvalue weighted by Crippen LogP contribution is -1.92. The molecule has 1 heteroatoms. The quantitative estimate of drug-likeness (QED) is 0.710. The summed E-state index contributed by atoms with van der Waals surface area (Å²) in [5.74, 6) is 0.337. The van der Waals surface area contributed by atoms with Gasteiger partial charge in [0.1, 0.15) is 5.78 Å². The molecule has 0 amide bonds. The molecule has 0 fully saturated rings. The summed E-state index contributed by atoms with van der Waals surface area (Å²) in [6.07, 6.45) is 6.30. The van der Waals surface area contributed by atoms with Crippen LogP contribution in [0.1, 0.15) is 37.3 Å². The first-order valence-electron chi connectivity index (χ1n) is 5.47. The first-order chi connectivity index (χ1) is 7.22. The number of ketones is 1.